The molecule has 2 atom stereocenters. The van der Waals surface area contributed by atoms with Crippen LogP contribution in [0.15, 0.2) is 24.3 Å². The maximum atomic E-state index is 8.95. The van der Waals surface area contributed by atoms with Gasteiger partial charge in [0.25, 0.3) is 0 Å². The Morgan fingerprint density at radius 3 is 3.16 bits per heavy atom. The highest BCUT2D eigenvalue weighted by Crippen LogP contribution is 2.32. The number of anilines is 1. The minimum atomic E-state index is 0.0970. The molecule has 2 unspecified atom stereocenters. The molecule has 2 N–H and O–H groups in total. The van der Waals surface area contributed by atoms with Crippen LogP contribution in [0.3, 0.4) is 0 Å². The third-order valence-electron chi connectivity index (χ3n) is 4.14. The number of rotatable bonds is 4. The summed E-state index contributed by atoms with van der Waals surface area (Å²) in [7, 11) is 0. The largest absolute Gasteiger partial charge is 0.394 e. The van der Waals surface area contributed by atoms with Crippen molar-refractivity contribution in [3.05, 3.63) is 29.8 Å². The second-order valence-electron chi connectivity index (χ2n) is 5.27. The minimum absolute atomic E-state index is 0.0970. The molecule has 1 saturated heterocycles. The van der Waals surface area contributed by atoms with Crippen LogP contribution in [0.25, 0.3) is 0 Å². The molecule has 0 saturated carbocycles. The van der Waals surface area contributed by atoms with Gasteiger partial charge in [-0.15, -0.1) is 0 Å². The first kappa shape index (κ1) is 12.9. The SMILES string of the molecule is OCCOC1CNCCC1N1CCc2ccccc21. The number of hydrogen-bond donors (Lipinski definition) is 2. The third kappa shape index (κ3) is 2.61. The molecule has 2 aliphatic rings. The quantitative estimate of drug-likeness (QED) is 0.842. The second-order valence-corrected chi connectivity index (χ2v) is 5.27. The Bertz CT molecular complexity index is 424. The van der Waals surface area contributed by atoms with Crippen molar-refractivity contribution in [2.75, 3.05) is 37.7 Å². The van der Waals surface area contributed by atoms with Crippen LogP contribution in [0.1, 0.15) is 12.0 Å². The highest BCUT2D eigenvalue weighted by molar-refractivity contribution is 5.58. The molecule has 0 bridgehead atoms. The number of aliphatic hydroxyl groups excluding tert-OH is 1. The van der Waals surface area contributed by atoms with Crippen LogP contribution >= 0.6 is 0 Å². The molecule has 0 spiro atoms. The lowest BCUT2D eigenvalue weighted by Crippen LogP contribution is -2.54. The summed E-state index contributed by atoms with van der Waals surface area (Å²) >= 11 is 0. The monoisotopic (exact) mass is 262 g/mol. The Morgan fingerprint density at radius 1 is 1.37 bits per heavy atom. The zero-order valence-electron chi connectivity index (χ0n) is 11.2. The molecule has 4 heteroatoms. The Morgan fingerprint density at radius 2 is 2.26 bits per heavy atom. The summed E-state index contributed by atoms with van der Waals surface area (Å²) in [6.45, 7) is 3.53. The number of fused-ring (bicyclic) bond motifs is 1. The van der Waals surface area contributed by atoms with Crippen molar-refractivity contribution in [1.29, 1.82) is 0 Å². The molecule has 1 aromatic carbocycles. The van der Waals surface area contributed by atoms with Crippen molar-refractivity contribution in [3.8, 4) is 0 Å². The maximum absolute atomic E-state index is 8.95. The van der Waals surface area contributed by atoms with Crippen LogP contribution in [-0.4, -0.2) is 50.1 Å². The lowest BCUT2D eigenvalue weighted by Gasteiger charge is -2.39. The van der Waals surface area contributed by atoms with Crippen LogP contribution in [0.5, 0.6) is 0 Å². The van der Waals surface area contributed by atoms with Crippen molar-refractivity contribution in [3.63, 3.8) is 0 Å². The fourth-order valence-corrected chi connectivity index (χ4v) is 3.26. The number of para-hydroxylation sites is 1. The summed E-state index contributed by atoms with van der Waals surface area (Å²) in [6, 6.07) is 9.09. The average molecular weight is 262 g/mol. The molecule has 2 heterocycles. The van der Waals surface area contributed by atoms with Gasteiger partial charge in [-0.3, -0.25) is 0 Å². The van der Waals surface area contributed by atoms with Crippen molar-refractivity contribution in [2.45, 2.75) is 25.0 Å². The van der Waals surface area contributed by atoms with Crippen LogP contribution in [0.4, 0.5) is 5.69 Å². The van der Waals surface area contributed by atoms with E-state index in [0.29, 0.717) is 12.6 Å². The standard InChI is InChI=1S/C15H22N2O2/c18-9-10-19-15-11-16-7-5-14(15)17-8-6-12-3-1-2-4-13(12)17/h1-4,14-16,18H,5-11H2. The van der Waals surface area contributed by atoms with Gasteiger partial charge in [-0.2, -0.15) is 0 Å². The zero-order valence-corrected chi connectivity index (χ0v) is 11.2. The molecule has 1 aromatic rings. The lowest BCUT2D eigenvalue weighted by molar-refractivity contribution is 0.00371. The summed E-state index contributed by atoms with van der Waals surface area (Å²) in [6.07, 6.45) is 2.41. The molecular weight excluding hydrogens is 240 g/mol. The lowest BCUT2D eigenvalue weighted by atomic mass is 10.0. The number of hydrogen-bond acceptors (Lipinski definition) is 4. The zero-order chi connectivity index (χ0) is 13.1. The third-order valence-corrected chi connectivity index (χ3v) is 4.14. The van der Waals surface area contributed by atoms with Crippen molar-refractivity contribution >= 4 is 5.69 Å². The smallest absolute Gasteiger partial charge is 0.0903 e. The fourth-order valence-electron chi connectivity index (χ4n) is 3.26. The molecule has 0 amide bonds. The van der Waals surface area contributed by atoms with Gasteiger partial charge in [0.15, 0.2) is 0 Å². The highest BCUT2D eigenvalue weighted by Gasteiger charge is 2.33. The second kappa shape index (κ2) is 5.90. The van der Waals surface area contributed by atoms with E-state index in [0.717, 1.165) is 32.5 Å². The first-order valence-electron chi connectivity index (χ1n) is 7.18. The van der Waals surface area contributed by atoms with Gasteiger partial charge in [-0.05, 0) is 31.0 Å². The van der Waals surface area contributed by atoms with E-state index in [1.54, 1.807) is 0 Å². The molecule has 104 valence electrons. The normalized spacial score (nSPS) is 26.5. The Labute approximate surface area is 114 Å². The van der Waals surface area contributed by atoms with E-state index in [1.807, 2.05) is 0 Å². The van der Waals surface area contributed by atoms with Gasteiger partial charge in [0, 0.05) is 18.8 Å². The van der Waals surface area contributed by atoms with Gasteiger partial charge >= 0.3 is 0 Å². The Balaban J connectivity index is 1.76. The molecule has 19 heavy (non-hydrogen) atoms. The van der Waals surface area contributed by atoms with Crippen LogP contribution in [0.2, 0.25) is 0 Å². The maximum Gasteiger partial charge on any atom is 0.0903 e. The van der Waals surface area contributed by atoms with Crippen LogP contribution in [-0.2, 0) is 11.2 Å². The van der Waals surface area contributed by atoms with Crippen molar-refractivity contribution < 1.29 is 9.84 Å². The number of nitrogens with one attached hydrogen (secondary N) is 1. The molecule has 0 aromatic heterocycles. The van der Waals surface area contributed by atoms with E-state index >= 15 is 0 Å². The molecule has 1 fully saturated rings. The summed E-state index contributed by atoms with van der Waals surface area (Å²) in [5.41, 5.74) is 2.81. The predicted molar refractivity (Wildman–Crippen MR) is 75.6 cm³/mol. The van der Waals surface area contributed by atoms with E-state index in [2.05, 4.69) is 34.5 Å². The first-order chi connectivity index (χ1) is 9.40. The summed E-state index contributed by atoms with van der Waals surface area (Å²) < 4.78 is 5.82. The van der Waals surface area contributed by atoms with Gasteiger partial charge in [0.2, 0.25) is 0 Å². The fraction of sp³-hybridized carbons (Fsp3) is 0.600. The number of aliphatic hydroxyl groups is 1. The van der Waals surface area contributed by atoms with Gasteiger partial charge in [-0.1, -0.05) is 18.2 Å². The topological polar surface area (TPSA) is 44.7 Å². The molecule has 0 radical (unpaired) electrons. The molecule has 3 rings (SSSR count). The van der Waals surface area contributed by atoms with E-state index in [-0.39, 0.29) is 12.7 Å². The summed E-state index contributed by atoms with van der Waals surface area (Å²) in [5, 5.41) is 12.3. The average Bonchev–Trinajstić information content (AvgIpc) is 2.89. The van der Waals surface area contributed by atoms with Gasteiger partial charge in [-0.25, -0.2) is 0 Å². The van der Waals surface area contributed by atoms with Gasteiger partial charge in [0.05, 0.1) is 25.4 Å². The van der Waals surface area contributed by atoms with E-state index in [1.165, 1.54) is 11.3 Å². The van der Waals surface area contributed by atoms with Gasteiger partial charge < -0.3 is 20.1 Å². The van der Waals surface area contributed by atoms with Crippen molar-refractivity contribution in [1.82, 2.24) is 5.32 Å². The number of piperidine rings is 1. The highest BCUT2D eigenvalue weighted by atomic mass is 16.5. The van der Waals surface area contributed by atoms with Gasteiger partial charge in [0.1, 0.15) is 0 Å². The summed E-state index contributed by atoms with van der Waals surface area (Å²) in [4.78, 5) is 2.50. The van der Waals surface area contributed by atoms with E-state index < -0.39 is 0 Å². The predicted octanol–water partition coefficient (Wildman–Crippen LogP) is 0.789. The van der Waals surface area contributed by atoms with Crippen LogP contribution < -0.4 is 10.2 Å². The van der Waals surface area contributed by atoms with Crippen molar-refractivity contribution in [2.24, 2.45) is 0 Å². The minimum Gasteiger partial charge on any atom is -0.394 e. The van der Waals surface area contributed by atoms with E-state index in [4.69, 9.17) is 9.84 Å². The number of ether oxygens (including phenoxy) is 1. The number of benzene rings is 1. The number of nitrogens with zero attached hydrogens (tertiary/aromatic N) is 1. The Kier molecular flexibility index (Phi) is 4.01. The summed E-state index contributed by atoms with van der Waals surface area (Å²) in [5.74, 6) is 0. The van der Waals surface area contributed by atoms with E-state index in [9.17, 15) is 0 Å². The molecule has 0 aliphatic carbocycles. The molecule has 4 nitrogen and oxygen atoms in total. The Hall–Kier alpha value is -1.10. The first-order valence-corrected chi connectivity index (χ1v) is 7.18. The molecule has 2 aliphatic heterocycles. The van der Waals surface area contributed by atoms with Crippen LogP contribution in [0, 0.1) is 0 Å². The molecular formula is C15H22N2O2.